The summed E-state index contributed by atoms with van der Waals surface area (Å²) in [6, 6.07) is 8.03. The van der Waals surface area contributed by atoms with E-state index in [1.807, 2.05) is 45.3 Å². The molecule has 0 radical (unpaired) electrons. The van der Waals surface area contributed by atoms with Crippen LogP contribution in [0, 0.1) is 12.3 Å². The second kappa shape index (κ2) is 9.53. The minimum absolute atomic E-state index is 0.116. The summed E-state index contributed by atoms with van der Waals surface area (Å²) in [6.07, 6.45) is 2.55. The van der Waals surface area contributed by atoms with E-state index in [2.05, 4.69) is 36.3 Å². The van der Waals surface area contributed by atoms with Crippen LogP contribution in [0.4, 0.5) is 4.79 Å². The fraction of sp³-hybridized carbons (Fsp3) is 0.522. The van der Waals surface area contributed by atoms with Crippen molar-refractivity contribution in [2.24, 2.45) is 5.41 Å². The number of aromatic nitrogens is 1. The van der Waals surface area contributed by atoms with Gasteiger partial charge >= 0.3 is 6.09 Å². The molecule has 0 spiro atoms. The number of carbonyl (C=O) groups is 2. The number of hydrogen-bond donors (Lipinski definition) is 1. The first-order chi connectivity index (χ1) is 13.5. The second-order valence-corrected chi connectivity index (χ2v) is 10.0. The summed E-state index contributed by atoms with van der Waals surface area (Å²) in [5.74, 6) is 0. The molecule has 1 aromatic carbocycles. The average molecular weight is 417 g/mol. The molecule has 1 atom stereocenters. The lowest BCUT2D eigenvalue weighted by Crippen LogP contribution is -2.35. The average Bonchev–Trinajstić information content (AvgIpc) is 3.03. The van der Waals surface area contributed by atoms with Crippen LogP contribution in [0.3, 0.4) is 0 Å². The van der Waals surface area contributed by atoms with E-state index in [0.717, 1.165) is 40.8 Å². The largest absolute Gasteiger partial charge is 0.444 e. The maximum absolute atomic E-state index is 12.4. The molecule has 29 heavy (non-hydrogen) atoms. The first-order valence-electron chi connectivity index (χ1n) is 9.94. The van der Waals surface area contributed by atoms with Crippen LogP contribution in [-0.4, -0.2) is 23.0 Å². The monoisotopic (exact) mass is 416 g/mol. The Bertz CT molecular complexity index is 819. The van der Waals surface area contributed by atoms with Gasteiger partial charge in [-0.15, -0.1) is 11.3 Å². The number of thiazole rings is 1. The van der Waals surface area contributed by atoms with E-state index in [-0.39, 0.29) is 11.5 Å². The molecule has 0 aliphatic rings. The molecule has 1 amide bonds. The summed E-state index contributed by atoms with van der Waals surface area (Å²) in [5.41, 5.74) is 4.32. The number of amides is 1. The van der Waals surface area contributed by atoms with Crippen molar-refractivity contribution < 1.29 is 14.3 Å². The Balaban J connectivity index is 2.20. The molecule has 158 valence electrons. The molecule has 0 fully saturated rings. The molecule has 0 bridgehead atoms. The topological polar surface area (TPSA) is 68.3 Å². The van der Waals surface area contributed by atoms with Crippen LogP contribution >= 0.6 is 11.3 Å². The molecular weight excluding hydrogens is 384 g/mol. The van der Waals surface area contributed by atoms with Crippen LogP contribution in [0.15, 0.2) is 29.8 Å². The molecule has 1 aromatic heterocycles. The van der Waals surface area contributed by atoms with Crippen molar-refractivity contribution >= 4 is 23.7 Å². The summed E-state index contributed by atoms with van der Waals surface area (Å²) >= 11 is 1.62. The maximum Gasteiger partial charge on any atom is 0.408 e. The highest BCUT2D eigenvalue weighted by Crippen LogP contribution is 2.32. The molecule has 2 aromatic rings. The predicted molar refractivity (Wildman–Crippen MR) is 118 cm³/mol. The van der Waals surface area contributed by atoms with Gasteiger partial charge in [0.1, 0.15) is 11.9 Å². The Labute approximate surface area is 177 Å². The van der Waals surface area contributed by atoms with Crippen LogP contribution < -0.4 is 5.32 Å². The van der Waals surface area contributed by atoms with Gasteiger partial charge in [-0.1, -0.05) is 38.1 Å². The Morgan fingerprint density at radius 1 is 1.21 bits per heavy atom. The van der Waals surface area contributed by atoms with Gasteiger partial charge in [-0.25, -0.2) is 9.78 Å². The number of ether oxygens (including phenoxy) is 1. The smallest absolute Gasteiger partial charge is 0.408 e. The van der Waals surface area contributed by atoms with E-state index in [9.17, 15) is 9.59 Å². The lowest BCUT2D eigenvalue weighted by molar-refractivity contribution is -0.109. The fourth-order valence-corrected chi connectivity index (χ4v) is 3.89. The normalized spacial score (nSPS) is 13.0. The van der Waals surface area contributed by atoms with E-state index in [0.29, 0.717) is 6.42 Å². The van der Waals surface area contributed by atoms with E-state index >= 15 is 0 Å². The fourth-order valence-electron chi connectivity index (χ4n) is 3.08. The summed E-state index contributed by atoms with van der Waals surface area (Å²) in [7, 11) is 0. The highest BCUT2D eigenvalue weighted by molar-refractivity contribution is 7.13. The highest BCUT2D eigenvalue weighted by Gasteiger charge is 2.24. The van der Waals surface area contributed by atoms with Crippen LogP contribution in [0.25, 0.3) is 10.4 Å². The summed E-state index contributed by atoms with van der Waals surface area (Å²) in [5, 5.41) is 3.01. The van der Waals surface area contributed by atoms with Gasteiger partial charge in [0.2, 0.25) is 0 Å². The van der Waals surface area contributed by atoms with E-state index in [1.54, 1.807) is 11.3 Å². The van der Waals surface area contributed by atoms with Crippen LogP contribution in [-0.2, 0) is 9.53 Å². The second-order valence-electron chi connectivity index (χ2n) is 9.16. The number of nitrogens with one attached hydrogen (secondary N) is 1. The Morgan fingerprint density at radius 3 is 2.38 bits per heavy atom. The van der Waals surface area contributed by atoms with Gasteiger partial charge in [0, 0.05) is 6.42 Å². The van der Waals surface area contributed by atoms with Crippen molar-refractivity contribution in [3.05, 3.63) is 41.0 Å². The summed E-state index contributed by atoms with van der Waals surface area (Å²) in [4.78, 5) is 28.8. The first kappa shape index (κ1) is 23.1. The minimum atomic E-state index is -0.557. The number of alkyl carbamates (subject to hydrolysis) is 1. The third-order valence-electron chi connectivity index (χ3n) is 4.76. The molecule has 6 heteroatoms. The van der Waals surface area contributed by atoms with Crippen molar-refractivity contribution in [2.45, 2.75) is 72.4 Å². The van der Waals surface area contributed by atoms with Crippen LogP contribution in [0.2, 0.25) is 0 Å². The number of aldehydes is 1. The van der Waals surface area contributed by atoms with Gasteiger partial charge in [0.15, 0.2) is 0 Å². The molecule has 0 aliphatic heterocycles. The SMILES string of the molecule is Cc1ncsc1-c1ccc([C@H](CCC(C)(C)CC=O)NC(=O)OC(C)(C)C)cc1. The number of rotatable bonds is 8. The lowest BCUT2D eigenvalue weighted by Gasteiger charge is -2.27. The van der Waals surface area contributed by atoms with Crippen LogP contribution in [0.1, 0.15) is 71.2 Å². The third-order valence-corrected chi connectivity index (χ3v) is 5.74. The Hall–Kier alpha value is -2.21. The van der Waals surface area contributed by atoms with Gasteiger partial charge in [0.05, 0.1) is 22.1 Å². The standard InChI is InChI=1S/C23H32N2O3S/c1-16-20(29-15-24-16)18-9-7-17(8-10-18)19(11-12-23(5,6)13-14-26)25-21(27)28-22(2,3)4/h7-10,14-15,19H,11-13H2,1-6H3,(H,25,27)/t19-/m0/s1. The van der Waals surface area contributed by atoms with E-state index < -0.39 is 11.7 Å². The molecule has 2 rings (SSSR count). The Morgan fingerprint density at radius 2 is 1.86 bits per heavy atom. The zero-order chi connectivity index (χ0) is 21.7. The highest BCUT2D eigenvalue weighted by atomic mass is 32.1. The number of nitrogens with zero attached hydrogens (tertiary/aromatic N) is 1. The molecule has 0 aliphatic carbocycles. The van der Waals surface area contributed by atoms with Crippen molar-refractivity contribution in [2.75, 3.05) is 0 Å². The van der Waals surface area contributed by atoms with E-state index in [1.165, 1.54) is 0 Å². The van der Waals surface area contributed by atoms with Gasteiger partial charge in [-0.3, -0.25) is 0 Å². The van der Waals surface area contributed by atoms with Crippen molar-refractivity contribution in [1.29, 1.82) is 0 Å². The quantitative estimate of drug-likeness (QED) is 0.530. The lowest BCUT2D eigenvalue weighted by atomic mass is 9.82. The van der Waals surface area contributed by atoms with E-state index in [4.69, 9.17) is 4.74 Å². The number of benzene rings is 1. The molecule has 1 heterocycles. The zero-order valence-corrected chi connectivity index (χ0v) is 19.1. The summed E-state index contributed by atoms with van der Waals surface area (Å²) in [6.45, 7) is 11.7. The number of aryl methyl sites for hydroxylation is 1. The molecule has 0 unspecified atom stereocenters. The third kappa shape index (κ3) is 7.28. The Kier molecular flexibility index (Phi) is 7.58. The molecule has 0 saturated carbocycles. The molecule has 5 nitrogen and oxygen atoms in total. The molecule has 0 saturated heterocycles. The summed E-state index contributed by atoms with van der Waals surface area (Å²) < 4.78 is 5.45. The van der Waals surface area contributed by atoms with Crippen molar-refractivity contribution in [3.8, 4) is 10.4 Å². The first-order valence-corrected chi connectivity index (χ1v) is 10.8. The van der Waals surface area contributed by atoms with Crippen LogP contribution in [0.5, 0.6) is 0 Å². The van der Waals surface area contributed by atoms with Crippen molar-refractivity contribution in [3.63, 3.8) is 0 Å². The van der Waals surface area contributed by atoms with Gasteiger partial charge < -0.3 is 14.8 Å². The maximum atomic E-state index is 12.4. The van der Waals surface area contributed by atoms with Gasteiger partial charge in [-0.2, -0.15) is 0 Å². The molecular formula is C23H32N2O3S. The molecule has 1 N–H and O–H groups in total. The van der Waals surface area contributed by atoms with Gasteiger partial charge in [0.25, 0.3) is 0 Å². The zero-order valence-electron chi connectivity index (χ0n) is 18.2. The predicted octanol–water partition coefficient (Wildman–Crippen LogP) is 6.08. The van der Waals surface area contributed by atoms with Crippen molar-refractivity contribution in [1.82, 2.24) is 10.3 Å². The number of carbonyl (C=O) groups excluding carboxylic acids is 2. The number of hydrogen-bond acceptors (Lipinski definition) is 5. The van der Waals surface area contributed by atoms with Gasteiger partial charge in [-0.05, 0) is 57.1 Å². The minimum Gasteiger partial charge on any atom is -0.444 e.